The van der Waals surface area contributed by atoms with E-state index in [4.69, 9.17) is 0 Å². The molecule has 0 amide bonds. The molecule has 0 spiro atoms. The monoisotopic (exact) mass is 685 g/mol. The number of hydrogen-bond donors (Lipinski definition) is 0. The van der Waals surface area contributed by atoms with Crippen LogP contribution in [-0.4, -0.2) is 0 Å². The van der Waals surface area contributed by atoms with Gasteiger partial charge in [-0.05, 0) is 106 Å². The van der Waals surface area contributed by atoms with Gasteiger partial charge < -0.3 is 4.90 Å². The van der Waals surface area contributed by atoms with E-state index in [9.17, 15) is 0 Å². The van der Waals surface area contributed by atoms with E-state index in [1.165, 1.54) is 73.7 Å². The summed E-state index contributed by atoms with van der Waals surface area (Å²) < 4.78 is 5.27. The second-order valence-electron chi connectivity index (χ2n) is 13.0. The first-order chi connectivity index (χ1) is 25.2. The summed E-state index contributed by atoms with van der Waals surface area (Å²) in [5, 5.41) is 5.23. The maximum Gasteiger partial charge on any atom is 0.0473 e. The van der Waals surface area contributed by atoms with Crippen molar-refractivity contribution in [2.45, 2.75) is 0 Å². The second kappa shape index (κ2) is 12.4. The van der Waals surface area contributed by atoms with E-state index in [1.807, 2.05) is 22.7 Å². The Bertz CT molecular complexity index is 2790. The summed E-state index contributed by atoms with van der Waals surface area (Å²) in [6, 6.07) is 68.8. The number of benzene rings is 8. The fourth-order valence-electron chi connectivity index (χ4n) is 7.34. The standard InChI is InChI=1S/C48H31NS2/c1-3-11-32(12-4-1)36-27-37(33-13-5-2-6-14-33)29-40(28-36)49(39-24-26-48-44(31-39)42-16-8-10-18-46(42)51-48)38-22-19-34(20-23-38)35-21-25-47-43(30-35)41-15-7-9-17-45(41)50-47/h1-31H. The summed E-state index contributed by atoms with van der Waals surface area (Å²) in [5.74, 6) is 0. The Morgan fingerprint density at radius 1 is 0.255 bits per heavy atom. The average molecular weight is 686 g/mol. The van der Waals surface area contributed by atoms with Gasteiger partial charge in [-0.3, -0.25) is 0 Å². The van der Waals surface area contributed by atoms with Gasteiger partial charge in [0.25, 0.3) is 0 Å². The Balaban J connectivity index is 1.15. The smallest absolute Gasteiger partial charge is 0.0473 e. The van der Waals surface area contributed by atoms with Crippen LogP contribution >= 0.6 is 22.7 Å². The van der Waals surface area contributed by atoms with Crippen LogP contribution in [0.2, 0.25) is 0 Å². The molecule has 0 bridgehead atoms. The molecule has 0 aliphatic rings. The van der Waals surface area contributed by atoms with Gasteiger partial charge >= 0.3 is 0 Å². The van der Waals surface area contributed by atoms with E-state index in [0.717, 1.165) is 17.1 Å². The van der Waals surface area contributed by atoms with Crippen molar-refractivity contribution in [3.8, 4) is 33.4 Å². The van der Waals surface area contributed by atoms with Gasteiger partial charge in [-0.2, -0.15) is 0 Å². The Morgan fingerprint density at radius 3 is 1.31 bits per heavy atom. The fraction of sp³-hybridized carbons (Fsp3) is 0. The second-order valence-corrected chi connectivity index (χ2v) is 15.1. The number of fused-ring (bicyclic) bond motifs is 6. The van der Waals surface area contributed by atoms with Crippen molar-refractivity contribution >= 4 is 80.1 Å². The van der Waals surface area contributed by atoms with Crippen molar-refractivity contribution in [3.05, 3.63) is 188 Å². The first-order valence-corrected chi connectivity index (χ1v) is 18.9. The van der Waals surface area contributed by atoms with E-state index in [1.54, 1.807) is 0 Å². The molecule has 0 saturated heterocycles. The van der Waals surface area contributed by atoms with Gasteiger partial charge in [0.05, 0.1) is 0 Å². The van der Waals surface area contributed by atoms with Crippen LogP contribution in [0, 0.1) is 0 Å². The van der Waals surface area contributed by atoms with Crippen molar-refractivity contribution in [2.24, 2.45) is 0 Å². The van der Waals surface area contributed by atoms with Crippen LogP contribution in [-0.2, 0) is 0 Å². The highest BCUT2D eigenvalue weighted by atomic mass is 32.1. The summed E-state index contributed by atoms with van der Waals surface area (Å²) in [5.41, 5.74) is 10.6. The van der Waals surface area contributed by atoms with Crippen LogP contribution < -0.4 is 4.90 Å². The van der Waals surface area contributed by atoms with Crippen LogP contribution in [0.5, 0.6) is 0 Å². The predicted octanol–water partition coefficient (Wildman–Crippen LogP) is 14.9. The molecule has 8 aromatic carbocycles. The fourth-order valence-corrected chi connectivity index (χ4v) is 9.52. The highest BCUT2D eigenvalue weighted by molar-refractivity contribution is 7.26. The van der Waals surface area contributed by atoms with E-state index < -0.39 is 0 Å². The van der Waals surface area contributed by atoms with Crippen molar-refractivity contribution in [1.29, 1.82) is 0 Å². The molecule has 0 atom stereocenters. The molecule has 10 aromatic rings. The van der Waals surface area contributed by atoms with Crippen molar-refractivity contribution in [1.82, 2.24) is 0 Å². The highest BCUT2D eigenvalue weighted by Gasteiger charge is 2.18. The minimum absolute atomic E-state index is 1.11. The SMILES string of the molecule is c1ccc(-c2cc(-c3ccccc3)cc(N(c3ccc(-c4ccc5sc6ccccc6c5c4)cc3)c3ccc4sc5ccccc5c4c3)c2)cc1. The van der Waals surface area contributed by atoms with Gasteiger partial charge in [0.1, 0.15) is 0 Å². The van der Waals surface area contributed by atoms with E-state index in [0.29, 0.717) is 0 Å². The third kappa shape index (κ3) is 5.39. The van der Waals surface area contributed by atoms with Gasteiger partial charge in [0.15, 0.2) is 0 Å². The Hall–Kier alpha value is -6.00. The molecular formula is C48H31NS2. The molecule has 0 aliphatic heterocycles. The molecular weight excluding hydrogens is 655 g/mol. The van der Waals surface area contributed by atoms with Gasteiger partial charge in [0.2, 0.25) is 0 Å². The molecule has 0 fully saturated rings. The molecule has 0 unspecified atom stereocenters. The molecule has 1 nitrogen and oxygen atoms in total. The molecule has 3 heteroatoms. The lowest BCUT2D eigenvalue weighted by molar-refractivity contribution is 1.29. The zero-order valence-corrected chi connectivity index (χ0v) is 29.3. The summed E-state index contributed by atoms with van der Waals surface area (Å²) >= 11 is 3.72. The number of nitrogens with zero attached hydrogens (tertiary/aromatic N) is 1. The zero-order chi connectivity index (χ0) is 33.7. The van der Waals surface area contributed by atoms with Crippen molar-refractivity contribution in [3.63, 3.8) is 0 Å². The zero-order valence-electron chi connectivity index (χ0n) is 27.7. The third-order valence-electron chi connectivity index (χ3n) is 9.84. The Morgan fingerprint density at radius 2 is 0.706 bits per heavy atom. The lowest BCUT2D eigenvalue weighted by Gasteiger charge is -2.27. The number of rotatable bonds is 6. The lowest BCUT2D eigenvalue weighted by Crippen LogP contribution is -2.10. The predicted molar refractivity (Wildman–Crippen MR) is 223 cm³/mol. The summed E-state index contributed by atoms with van der Waals surface area (Å²) in [6.45, 7) is 0. The summed E-state index contributed by atoms with van der Waals surface area (Å²) in [6.07, 6.45) is 0. The summed E-state index contributed by atoms with van der Waals surface area (Å²) in [7, 11) is 0. The molecule has 2 aromatic heterocycles. The first kappa shape index (κ1) is 29.9. The van der Waals surface area contributed by atoms with E-state index >= 15 is 0 Å². The number of anilines is 3. The van der Waals surface area contributed by atoms with Crippen molar-refractivity contribution < 1.29 is 0 Å². The molecule has 240 valence electrons. The van der Waals surface area contributed by atoms with Crippen LogP contribution in [0.3, 0.4) is 0 Å². The maximum atomic E-state index is 2.42. The Kier molecular flexibility index (Phi) is 7.26. The average Bonchev–Trinajstić information content (AvgIpc) is 3.77. The molecule has 0 radical (unpaired) electrons. The molecule has 51 heavy (non-hydrogen) atoms. The van der Waals surface area contributed by atoms with Crippen LogP contribution in [0.25, 0.3) is 73.7 Å². The van der Waals surface area contributed by atoms with Gasteiger partial charge in [-0.15, -0.1) is 22.7 Å². The molecule has 0 saturated carbocycles. The highest BCUT2D eigenvalue weighted by Crippen LogP contribution is 2.44. The third-order valence-corrected chi connectivity index (χ3v) is 12.1. The number of thiophene rings is 2. The number of hydrogen-bond acceptors (Lipinski definition) is 3. The Labute approximate surface area is 304 Å². The molecule has 0 aliphatic carbocycles. The van der Waals surface area contributed by atoms with Crippen LogP contribution in [0.4, 0.5) is 17.1 Å². The lowest BCUT2D eigenvalue weighted by atomic mass is 9.97. The van der Waals surface area contributed by atoms with Gasteiger partial charge in [0, 0.05) is 57.4 Å². The van der Waals surface area contributed by atoms with Gasteiger partial charge in [-0.25, -0.2) is 0 Å². The maximum absolute atomic E-state index is 2.42. The van der Waals surface area contributed by atoms with E-state index in [2.05, 4.69) is 193 Å². The van der Waals surface area contributed by atoms with Crippen LogP contribution in [0.15, 0.2) is 188 Å². The largest absolute Gasteiger partial charge is 0.310 e. The minimum Gasteiger partial charge on any atom is -0.310 e. The topological polar surface area (TPSA) is 3.24 Å². The first-order valence-electron chi connectivity index (χ1n) is 17.2. The molecule has 0 N–H and O–H groups in total. The van der Waals surface area contributed by atoms with E-state index in [-0.39, 0.29) is 0 Å². The quantitative estimate of drug-likeness (QED) is 0.168. The summed E-state index contributed by atoms with van der Waals surface area (Å²) in [4.78, 5) is 2.42. The van der Waals surface area contributed by atoms with Crippen molar-refractivity contribution in [2.75, 3.05) is 4.90 Å². The minimum atomic E-state index is 1.11. The molecule has 10 rings (SSSR count). The normalized spacial score (nSPS) is 11.5. The van der Waals surface area contributed by atoms with Gasteiger partial charge in [-0.1, -0.05) is 115 Å². The molecule has 2 heterocycles. The van der Waals surface area contributed by atoms with Crippen LogP contribution in [0.1, 0.15) is 0 Å².